The van der Waals surface area contributed by atoms with E-state index in [0.717, 1.165) is 5.56 Å². The van der Waals surface area contributed by atoms with Crippen molar-refractivity contribution in [2.24, 2.45) is 5.73 Å². The van der Waals surface area contributed by atoms with Crippen LogP contribution in [-0.4, -0.2) is 29.8 Å². The van der Waals surface area contributed by atoms with Crippen LogP contribution in [0.4, 0.5) is 0 Å². The van der Waals surface area contributed by atoms with Gasteiger partial charge in [0.2, 0.25) is 0 Å². The molecule has 0 aliphatic rings. The number of benzene rings is 1. The van der Waals surface area contributed by atoms with E-state index in [0.29, 0.717) is 16.9 Å². The number of ether oxygens (including phenoxy) is 1. The molecule has 0 saturated heterocycles. The normalized spacial score (nSPS) is 12.2. The van der Waals surface area contributed by atoms with Crippen LogP contribution in [0.15, 0.2) is 6.07 Å². The molecule has 1 aromatic carbocycles. The van der Waals surface area contributed by atoms with Crippen LogP contribution in [0.1, 0.15) is 22.6 Å². The molecule has 1 aromatic rings. The molecule has 0 heterocycles. The van der Waals surface area contributed by atoms with Gasteiger partial charge < -0.3 is 20.7 Å². The van der Waals surface area contributed by atoms with Crippen LogP contribution in [0.3, 0.4) is 0 Å². The Labute approximate surface area is 99.8 Å². The smallest absolute Gasteiger partial charge is 0.312 e. The van der Waals surface area contributed by atoms with E-state index in [1.807, 2.05) is 0 Å². The van der Waals surface area contributed by atoms with Crippen molar-refractivity contribution in [3.63, 3.8) is 0 Å². The number of hydrogen-bond donors (Lipinski definition) is 3. The predicted octanol–water partition coefficient (Wildman–Crippen LogP) is 1.14. The third-order valence-corrected chi connectivity index (χ3v) is 2.77. The van der Waals surface area contributed by atoms with E-state index in [1.165, 1.54) is 7.11 Å². The van der Waals surface area contributed by atoms with E-state index in [-0.39, 0.29) is 12.3 Å². The van der Waals surface area contributed by atoms with Gasteiger partial charge in [-0.1, -0.05) is 6.07 Å². The minimum atomic E-state index is -1.06. The van der Waals surface area contributed by atoms with Gasteiger partial charge in [0.1, 0.15) is 0 Å². The van der Waals surface area contributed by atoms with E-state index in [4.69, 9.17) is 15.6 Å². The molecule has 0 bridgehead atoms. The molecule has 4 N–H and O–H groups in total. The second-order valence-corrected chi connectivity index (χ2v) is 3.93. The minimum absolute atomic E-state index is 0.0735. The number of carboxylic acids is 1. The summed E-state index contributed by atoms with van der Waals surface area (Å²) in [6, 6.07) is 1.78. The van der Waals surface area contributed by atoms with Gasteiger partial charge in [-0.25, -0.2) is 0 Å². The number of carboxylic acid groups (broad SMARTS) is 1. The van der Waals surface area contributed by atoms with Crippen molar-refractivity contribution in [3.8, 4) is 11.5 Å². The molecule has 5 heteroatoms. The minimum Gasteiger partial charge on any atom is -0.504 e. The van der Waals surface area contributed by atoms with Gasteiger partial charge in [0, 0.05) is 12.1 Å². The average molecular weight is 239 g/mol. The molecule has 5 nitrogen and oxygen atoms in total. The second-order valence-electron chi connectivity index (χ2n) is 3.93. The lowest BCUT2D eigenvalue weighted by Gasteiger charge is -2.18. The Morgan fingerprint density at radius 2 is 2.06 bits per heavy atom. The lowest BCUT2D eigenvalue weighted by atomic mass is 9.92. The van der Waals surface area contributed by atoms with Gasteiger partial charge in [-0.15, -0.1) is 0 Å². The maximum Gasteiger partial charge on any atom is 0.312 e. The van der Waals surface area contributed by atoms with Crippen molar-refractivity contribution in [2.75, 3.05) is 13.7 Å². The molecule has 0 aromatic heterocycles. The fourth-order valence-corrected chi connectivity index (χ4v) is 2.00. The van der Waals surface area contributed by atoms with Crippen LogP contribution in [0.5, 0.6) is 11.5 Å². The molecule has 1 atom stereocenters. The molecule has 0 amide bonds. The van der Waals surface area contributed by atoms with Crippen LogP contribution in [0.25, 0.3) is 0 Å². The molecule has 0 fully saturated rings. The number of phenols is 1. The Bertz CT molecular complexity index is 443. The highest BCUT2D eigenvalue weighted by atomic mass is 16.5. The van der Waals surface area contributed by atoms with Crippen molar-refractivity contribution in [1.29, 1.82) is 0 Å². The number of aliphatic carboxylic acids is 1. The number of methoxy groups -OCH3 is 1. The highest BCUT2D eigenvalue weighted by molar-refractivity contribution is 5.79. The molecule has 0 spiro atoms. The van der Waals surface area contributed by atoms with Gasteiger partial charge in [-0.05, 0) is 25.0 Å². The Morgan fingerprint density at radius 1 is 1.47 bits per heavy atom. The summed E-state index contributed by atoms with van der Waals surface area (Å²) in [4.78, 5) is 11.1. The zero-order chi connectivity index (χ0) is 13.2. The lowest BCUT2D eigenvalue weighted by Crippen LogP contribution is -2.22. The number of rotatable bonds is 4. The van der Waals surface area contributed by atoms with Crippen molar-refractivity contribution in [3.05, 3.63) is 22.8 Å². The first-order chi connectivity index (χ1) is 7.93. The largest absolute Gasteiger partial charge is 0.504 e. The third kappa shape index (κ3) is 2.34. The van der Waals surface area contributed by atoms with Crippen LogP contribution in [-0.2, 0) is 4.79 Å². The summed E-state index contributed by atoms with van der Waals surface area (Å²) in [6.07, 6.45) is 0. The molecule has 0 aliphatic carbocycles. The summed E-state index contributed by atoms with van der Waals surface area (Å²) in [5.41, 5.74) is 7.21. The summed E-state index contributed by atoms with van der Waals surface area (Å²) < 4.78 is 5.06. The number of carbonyl (C=O) groups is 1. The number of nitrogens with two attached hydrogens (primary N) is 1. The van der Waals surface area contributed by atoms with Crippen LogP contribution in [0.2, 0.25) is 0 Å². The highest BCUT2D eigenvalue weighted by Gasteiger charge is 2.26. The monoisotopic (exact) mass is 239 g/mol. The van der Waals surface area contributed by atoms with Crippen molar-refractivity contribution >= 4 is 5.97 Å². The van der Waals surface area contributed by atoms with Crippen molar-refractivity contribution in [2.45, 2.75) is 19.8 Å². The molecule has 0 aliphatic heterocycles. The maximum atomic E-state index is 11.1. The quantitative estimate of drug-likeness (QED) is 0.732. The lowest BCUT2D eigenvalue weighted by molar-refractivity contribution is -0.138. The van der Waals surface area contributed by atoms with E-state index >= 15 is 0 Å². The van der Waals surface area contributed by atoms with Gasteiger partial charge in [0.05, 0.1) is 13.0 Å². The van der Waals surface area contributed by atoms with Crippen LogP contribution < -0.4 is 10.5 Å². The van der Waals surface area contributed by atoms with Gasteiger partial charge in [0.25, 0.3) is 0 Å². The third-order valence-electron chi connectivity index (χ3n) is 2.77. The number of hydrogen-bond acceptors (Lipinski definition) is 4. The average Bonchev–Trinajstić information content (AvgIpc) is 2.23. The maximum absolute atomic E-state index is 11.1. The number of aromatic hydroxyl groups is 1. The Kier molecular flexibility index (Phi) is 3.96. The van der Waals surface area contributed by atoms with Gasteiger partial charge >= 0.3 is 5.97 Å². The number of phenolic OH excluding ortho intramolecular Hbond substituents is 1. The predicted molar refractivity (Wildman–Crippen MR) is 63.6 cm³/mol. The SMILES string of the molecule is COc1c(C)cc(C)c(C(CN)C(=O)O)c1O. The molecule has 94 valence electrons. The molecular formula is C12H17NO4. The van der Waals surface area contributed by atoms with E-state index in [9.17, 15) is 9.90 Å². The Hall–Kier alpha value is -1.75. The zero-order valence-electron chi connectivity index (χ0n) is 10.2. The summed E-state index contributed by atoms with van der Waals surface area (Å²) in [5, 5.41) is 19.1. The summed E-state index contributed by atoms with van der Waals surface area (Å²) in [5.74, 6) is -1.82. The first-order valence-corrected chi connectivity index (χ1v) is 5.23. The highest BCUT2D eigenvalue weighted by Crippen LogP contribution is 2.39. The first kappa shape index (κ1) is 13.3. The molecular weight excluding hydrogens is 222 g/mol. The Morgan fingerprint density at radius 3 is 2.47 bits per heavy atom. The Balaban J connectivity index is 3.47. The van der Waals surface area contributed by atoms with E-state index in [1.54, 1.807) is 19.9 Å². The van der Waals surface area contributed by atoms with E-state index in [2.05, 4.69) is 0 Å². The topological polar surface area (TPSA) is 92.8 Å². The van der Waals surface area contributed by atoms with Crippen molar-refractivity contribution in [1.82, 2.24) is 0 Å². The van der Waals surface area contributed by atoms with Crippen LogP contribution in [0, 0.1) is 13.8 Å². The molecule has 0 radical (unpaired) electrons. The fraction of sp³-hybridized carbons (Fsp3) is 0.417. The fourth-order valence-electron chi connectivity index (χ4n) is 2.00. The second kappa shape index (κ2) is 5.05. The zero-order valence-corrected chi connectivity index (χ0v) is 10.2. The van der Waals surface area contributed by atoms with Gasteiger partial charge in [0.15, 0.2) is 11.5 Å². The summed E-state index contributed by atoms with van der Waals surface area (Å²) in [6.45, 7) is 3.45. The van der Waals surface area contributed by atoms with Crippen LogP contribution >= 0.6 is 0 Å². The summed E-state index contributed by atoms with van der Waals surface area (Å²) >= 11 is 0. The molecule has 1 rings (SSSR count). The van der Waals surface area contributed by atoms with Gasteiger partial charge in [-0.2, -0.15) is 0 Å². The number of aryl methyl sites for hydroxylation is 2. The molecule has 1 unspecified atom stereocenters. The first-order valence-electron chi connectivity index (χ1n) is 5.23. The van der Waals surface area contributed by atoms with Crippen molar-refractivity contribution < 1.29 is 19.7 Å². The van der Waals surface area contributed by atoms with E-state index < -0.39 is 11.9 Å². The molecule has 0 saturated carbocycles. The van der Waals surface area contributed by atoms with Gasteiger partial charge in [-0.3, -0.25) is 4.79 Å². The summed E-state index contributed by atoms with van der Waals surface area (Å²) in [7, 11) is 1.43. The standard InChI is InChI=1S/C12H17NO4/c1-6-4-7(2)11(17-3)10(14)9(6)8(5-13)12(15)16/h4,8,14H,5,13H2,1-3H3,(H,15,16). The molecule has 17 heavy (non-hydrogen) atoms.